The summed E-state index contributed by atoms with van der Waals surface area (Å²) < 4.78 is 0. The van der Waals surface area contributed by atoms with Crippen molar-refractivity contribution in [1.29, 1.82) is 0 Å². The van der Waals surface area contributed by atoms with Crippen LogP contribution < -0.4 is 15.8 Å². The van der Waals surface area contributed by atoms with Crippen LogP contribution in [0.3, 0.4) is 0 Å². The number of anilines is 2. The average molecular weight is 375 g/mol. The predicted molar refractivity (Wildman–Crippen MR) is 109 cm³/mol. The number of aromatic amines is 1. The van der Waals surface area contributed by atoms with Crippen molar-refractivity contribution in [2.75, 3.05) is 10.3 Å². The molecular formula is C20H17N5OS. The molecule has 2 unspecified atom stereocenters. The van der Waals surface area contributed by atoms with E-state index in [-0.39, 0.29) is 17.3 Å². The van der Waals surface area contributed by atoms with Crippen molar-refractivity contribution in [1.82, 2.24) is 15.4 Å². The number of para-hydroxylation sites is 3. The number of hydrazine groups is 1. The van der Waals surface area contributed by atoms with Crippen molar-refractivity contribution < 1.29 is 4.79 Å². The molecule has 5 rings (SSSR count). The zero-order chi connectivity index (χ0) is 18.2. The van der Waals surface area contributed by atoms with Crippen molar-refractivity contribution in [3.8, 4) is 0 Å². The third-order valence-corrected chi connectivity index (χ3v) is 5.95. The van der Waals surface area contributed by atoms with Crippen molar-refractivity contribution in [2.45, 2.75) is 16.2 Å². The van der Waals surface area contributed by atoms with E-state index in [2.05, 4.69) is 39.0 Å². The number of fused-ring (bicyclic) bond motifs is 3. The van der Waals surface area contributed by atoms with Gasteiger partial charge in [-0.25, -0.2) is 15.2 Å². The number of aromatic nitrogens is 2. The van der Waals surface area contributed by atoms with Crippen molar-refractivity contribution >= 4 is 40.5 Å². The lowest BCUT2D eigenvalue weighted by molar-refractivity contribution is 0.246. The van der Waals surface area contributed by atoms with Gasteiger partial charge in [-0.05, 0) is 24.3 Å². The Morgan fingerprint density at radius 1 is 1.07 bits per heavy atom. The van der Waals surface area contributed by atoms with Gasteiger partial charge in [-0.3, -0.25) is 10.3 Å². The van der Waals surface area contributed by atoms with Crippen LogP contribution in [0.1, 0.15) is 0 Å². The van der Waals surface area contributed by atoms with Crippen molar-refractivity contribution in [3.63, 3.8) is 0 Å². The van der Waals surface area contributed by atoms with Crippen LogP contribution in [-0.2, 0) is 0 Å². The second-order valence-electron chi connectivity index (χ2n) is 6.34. The second-order valence-corrected chi connectivity index (χ2v) is 7.56. The van der Waals surface area contributed by atoms with Gasteiger partial charge in [0.05, 0.1) is 28.0 Å². The Kier molecular flexibility index (Phi) is 3.86. The summed E-state index contributed by atoms with van der Waals surface area (Å²) in [5.41, 5.74) is 8.34. The van der Waals surface area contributed by atoms with Gasteiger partial charge in [0.25, 0.3) is 0 Å². The number of urea groups is 1. The highest BCUT2D eigenvalue weighted by atomic mass is 32.2. The van der Waals surface area contributed by atoms with E-state index < -0.39 is 0 Å². The molecule has 2 amide bonds. The molecule has 134 valence electrons. The number of H-pyrrole nitrogens is 1. The molecule has 0 spiro atoms. The maximum absolute atomic E-state index is 13.0. The van der Waals surface area contributed by atoms with Crippen LogP contribution in [0.5, 0.6) is 0 Å². The molecule has 2 aromatic carbocycles. The zero-order valence-corrected chi connectivity index (χ0v) is 15.1. The van der Waals surface area contributed by atoms with Gasteiger partial charge < -0.3 is 4.98 Å². The lowest BCUT2D eigenvalue weighted by atomic mass is 10.1. The lowest BCUT2D eigenvalue weighted by Crippen LogP contribution is -2.53. The topological polar surface area (TPSA) is 73.0 Å². The van der Waals surface area contributed by atoms with Crippen molar-refractivity contribution in [2.24, 2.45) is 0 Å². The Hall–Kier alpha value is -3.19. The predicted octanol–water partition coefficient (Wildman–Crippen LogP) is 4.07. The SMILES string of the molecule is O=C(NNc1nc2ccccc2[nH]1)N1c2ccccc2SC2C=CC=CC21. The van der Waals surface area contributed by atoms with E-state index in [4.69, 9.17) is 0 Å². The van der Waals surface area contributed by atoms with E-state index in [1.807, 2.05) is 54.6 Å². The first-order chi connectivity index (χ1) is 13.3. The maximum atomic E-state index is 13.0. The van der Waals surface area contributed by atoms with E-state index >= 15 is 0 Å². The van der Waals surface area contributed by atoms with E-state index in [0.717, 1.165) is 21.6 Å². The van der Waals surface area contributed by atoms with Gasteiger partial charge in [-0.2, -0.15) is 0 Å². The first kappa shape index (κ1) is 16.0. The van der Waals surface area contributed by atoms with E-state index in [0.29, 0.717) is 5.95 Å². The number of benzene rings is 2. The number of thioether (sulfide) groups is 1. The summed E-state index contributed by atoms with van der Waals surface area (Å²) in [6, 6.07) is 15.4. The van der Waals surface area contributed by atoms with Gasteiger partial charge >= 0.3 is 6.03 Å². The summed E-state index contributed by atoms with van der Waals surface area (Å²) in [4.78, 5) is 23.5. The van der Waals surface area contributed by atoms with Gasteiger partial charge in [-0.15, -0.1) is 11.8 Å². The molecule has 1 aliphatic heterocycles. The molecule has 2 atom stereocenters. The number of imidazole rings is 1. The molecule has 3 N–H and O–H groups in total. The third-order valence-electron chi connectivity index (χ3n) is 4.64. The normalized spacial score (nSPS) is 20.2. The molecule has 3 aromatic rings. The number of nitrogens with one attached hydrogen (secondary N) is 3. The fourth-order valence-electron chi connectivity index (χ4n) is 3.41. The van der Waals surface area contributed by atoms with Gasteiger partial charge in [0, 0.05) is 4.90 Å². The molecule has 1 aliphatic carbocycles. The molecule has 7 heteroatoms. The van der Waals surface area contributed by atoms with Crippen LogP contribution in [-0.4, -0.2) is 27.3 Å². The molecule has 0 saturated heterocycles. The second kappa shape index (κ2) is 6.51. The standard InChI is InChI=1S/C20H17N5OS/c26-20(24-23-19-21-13-7-1-2-8-14(13)22-19)25-15-9-3-5-11-17(15)27-18-12-6-4-10-16(18)25/h1-12,15,17H,(H,24,26)(H2,21,22,23). The fourth-order valence-corrected chi connectivity index (χ4v) is 4.67. The quantitative estimate of drug-likeness (QED) is 0.590. The number of amides is 2. The molecular weight excluding hydrogens is 358 g/mol. The molecule has 6 nitrogen and oxygen atoms in total. The summed E-state index contributed by atoms with van der Waals surface area (Å²) in [5, 5.41) is 0.196. The largest absolute Gasteiger partial charge is 0.341 e. The van der Waals surface area contributed by atoms with E-state index in [1.54, 1.807) is 16.7 Å². The Bertz CT molecular complexity index is 1040. The lowest BCUT2D eigenvalue weighted by Gasteiger charge is -2.40. The van der Waals surface area contributed by atoms with Crippen LogP contribution in [0.2, 0.25) is 0 Å². The molecule has 1 aromatic heterocycles. The Balaban J connectivity index is 1.41. The van der Waals surface area contributed by atoms with E-state index in [1.165, 1.54) is 0 Å². The first-order valence-electron chi connectivity index (χ1n) is 8.70. The van der Waals surface area contributed by atoms with Crippen LogP contribution >= 0.6 is 11.8 Å². The zero-order valence-electron chi connectivity index (χ0n) is 14.3. The monoisotopic (exact) mass is 375 g/mol. The van der Waals surface area contributed by atoms with Gasteiger partial charge in [0.2, 0.25) is 5.95 Å². The minimum Gasteiger partial charge on any atom is -0.323 e. The number of allylic oxidation sites excluding steroid dienone is 2. The summed E-state index contributed by atoms with van der Waals surface area (Å²) in [6.07, 6.45) is 8.22. The Morgan fingerprint density at radius 3 is 2.81 bits per heavy atom. The first-order valence-corrected chi connectivity index (χ1v) is 9.58. The summed E-state index contributed by atoms with van der Waals surface area (Å²) in [7, 11) is 0. The number of carbonyl (C=O) groups is 1. The summed E-state index contributed by atoms with van der Waals surface area (Å²) >= 11 is 1.78. The van der Waals surface area contributed by atoms with Gasteiger partial charge in [0.1, 0.15) is 0 Å². The molecule has 0 fully saturated rings. The molecule has 0 bridgehead atoms. The number of hydrogen-bond acceptors (Lipinski definition) is 4. The van der Waals surface area contributed by atoms with Crippen LogP contribution in [0.15, 0.2) is 77.7 Å². The third kappa shape index (κ3) is 2.86. The van der Waals surface area contributed by atoms with Gasteiger partial charge in [0.15, 0.2) is 0 Å². The van der Waals surface area contributed by atoms with Gasteiger partial charge in [-0.1, -0.05) is 48.6 Å². The molecule has 2 aliphatic rings. The number of hydrogen-bond donors (Lipinski definition) is 3. The highest BCUT2D eigenvalue weighted by Crippen LogP contribution is 2.43. The molecule has 0 radical (unpaired) electrons. The molecule has 2 heterocycles. The Labute approximate surface area is 160 Å². The highest BCUT2D eigenvalue weighted by Gasteiger charge is 2.36. The smallest absolute Gasteiger partial charge is 0.323 e. The number of nitrogens with zero attached hydrogens (tertiary/aromatic N) is 2. The minimum atomic E-state index is -0.224. The Morgan fingerprint density at radius 2 is 1.89 bits per heavy atom. The van der Waals surface area contributed by atoms with Crippen LogP contribution in [0.4, 0.5) is 16.4 Å². The summed E-state index contributed by atoms with van der Waals surface area (Å²) in [6.45, 7) is 0. The number of rotatable bonds is 2. The average Bonchev–Trinajstić information content (AvgIpc) is 3.13. The molecule has 27 heavy (non-hydrogen) atoms. The number of carbonyl (C=O) groups excluding carboxylic acids is 1. The maximum Gasteiger partial charge on any atom is 0.341 e. The fraction of sp³-hybridized carbons (Fsp3) is 0.100. The minimum absolute atomic E-state index is 0.0348. The van der Waals surface area contributed by atoms with E-state index in [9.17, 15) is 4.79 Å². The summed E-state index contributed by atoms with van der Waals surface area (Å²) in [5.74, 6) is 0.500. The van der Waals surface area contributed by atoms with Crippen LogP contribution in [0.25, 0.3) is 11.0 Å². The van der Waals surface area contributed by atoms with Crippen LogP contribution in [0, 0.1) is 0 Å². The van der Waals surface area contributed by atoms with Crippen molar-refractivity contribution in [3.05, 3.63) is 72.8 Å². The highest BCUT2D eigenvalue weighted by molar-refractivity contribution is 8.00. The molecule has 0 saturated carbocycles.